The van der Waals surface area contributed by atoms with Crippen molar-refractivity contribution in [3.63, 3.8) is 0 Å². The maximum absolute atomic E-state index is 11.7. The van der Waals surface area contributed by atoms with Crippen LogP contribution < -0.4 is 10.6 Å². The van der Waals surface area contributed by atoms with E-state index in [2.05, 4.69) is 39.9 Å². The first-order valence-corrected chi connectivity index (χ1v) is 7.87. The molecule has 2 aromatic heterocycles. The van der Waals surface area contributed by atoms with Crippen molar-refractivity contribution in [1.29, 1.82) is 0 Å². The molecule has 0 aliphatic heterocycles. The lowest BCUT2D eigenvalue weighted by atomic mass is 10.1. The summed E-state index contributed by atoms with van der Waals surface area (Å²) in [6.45, 7) is 4.49. The molecule has 0 spiro atoms. The molecule has 0 unspecified atom stereocenters. The number of tetrazole rings is 1. The van der Waals surface area contributed by atoms with Gasteiger partial charge < -0.3 is 5.32 Å². The van der Waals surface area contributed by atoms with Crippen LogP contribution in [0.25, 0.3) is 11.4 Å². The van der Waals surface area contributed by atoms with Gasteiger partial charge in [0.2, 0.25) is 5.82 Å². The Balaban J connectivity index is 1.78. The first-order chi connectivity index (χ1) is 10.5. The van der Waals surface area contributed by atoms with Gasteiger partial charge in [0.05, 0.1) is 0 Å². The largest absolute Gasteiger partial charge is 0.338 e. The first kappa shape index (κ1) is 16.1. The van der Waals surface area contributed by atoms with Gasteiger partial charge in [0.1, 0.15) is 6.54 Å². The van der Waals surface area contributed by atoms with E-state index in [9.17, 15) is 9.59 Å². The molecule has 0 aliphatic rings. The van der Waals surface area contributed by atoms with Crippen LogP contribution in [0, 0.1) is 5.92 Å². The Hall–Kier alpha value is -2.29. The van der Waals surface area contributed by atoms with Gasteiger partial charge in [0.15, 0.2) is 0 Å². The van der Waals surface area contributed by atoms with Crippen molar-refractivity contribution in [1.82, 2.24) is 30.8 Å². The average Bonchev–Trinajstić information content (AvgIpc) is 3.07. The fourth-order valence-electron chi connectivity index (χ4n) is 1.63. The van der Waals surface area contributed by atoms with Crippen LogP contribution in [0.15, 0.2) is 16.8 Å². The van der Waals surface area contributed by atoms with Gasteiger partial charge in [-0.2, -0.15) is 16.1 Å². The topological polar surface area (TPSA) is 102 Å². The van der Waals surface area contributed by atoms with Crippen molar-refractivity contribution < 1.29 is 9.59 Å². The highest BCUT2D eigenvalue weighted by Gasteiger charge is 2.11. The van der Waals surface area contributed by atoms with E-state index >= 15 is 0 Å². The molecule has 2 aromatic rings. The number of aromatic nitrogens is 4. The van der Waals surface area contributed by atoms with Crippen molar-refractivity contribution in [2.24, 2.45) is 5.92 Å². The summed E-state index contributed by atoms with van der Waals surface area (Å²) in [6.07, 6.45) is 0.857. The summed E-state index contributed by atoms with van der Waals surface area (Å²) >= 11 is 1.53. The number of amides is 3. The van der Waals surface area contributed by atoms with Crippen molar-refractivity contribution in [3.8, 4) is 11.4 Å². The van der Waals surface area contributed by atoms with E-state index in [0.717, 1.165) is 16.8 Å². The van der Waals surface area contributed by atoms with Crippen molar-refractivity contribution in [3.05, 3.63) is 16.8 Å². The molecular weight excluding hydrogens is 304 g/mol. The molecule has 2 rings (SSSR count). The normalized spacial score (nSPS) is 10.7. The zero-order valence-corrected chi connectivity index (χ0v) is 13.3. The number of hydrogen-bond donors (Lipinski definition) is 2. The summed E-state index contributed by atoms with van der Waals surface area (Å²) in [5.74, 6) is 0.456. The van der Waals surface area contributed by atoms with Gasteiger partial charge in [-0.3, -0.25) is 10.1 Å². The third-order valence-corrected chi connectivity index (χ3v) is 3.46. The second-order valence-corrected chi connectivity index (χ2v) is 5.92. The van der Waals surface area contributed by atoms with Crippen LogP contribution in [0.5, 0.6) is 0 Å². The van der Waals surface area contributed by atoms with E-state index in [-0.39, 0.29) is 6.54 Å². The fraction of sp³-hybridized carbons (Fsp3) is 0.462. The molecule has 118 valence electrons. The first-order valence-electron chi connectivity index (χ1n) is 6.92. The van der Waals surface area contributed by atoms with Crippen molar-refractivity contribution in [2.45, 2.75) is 26.8 Å². The lowest BCUT2D eigenvalue weighted by Gasteiger charge is -2.07. The maximum Gasteiger partial charge on any atom is 0.321 e. The molecule has 0 aromatic carbocycles. The van der Waals surface area contributed by atoms with Gasteiger partial charge in [-0.05, 0) is 29.0 Å². The predicted molar refractivity (Wildman–Crippen MR) is 82.1 cm³/mol. The molecular formula is C13H18N6O2S. The van der Waals surface area contributed by atoms with E-state index in [1.807, 2.05) is 16.8 Å². The molecule has 2 heterocycles. The van der Waals surface area contributed by atoms with Gasteiger partial charge in [-0.15, -0.1) is 10.2 Å². The number of carbonyl (C=O) groups excluding carboxylic acids is 2. The number of carbonyl (C=O) groups is 2. The van der Waals surface area contributed by atoms with Crippen LogP contribution in [-0.4, -0.2) is 38.7 Å². The molecule has 2 N–H and O–H groups in total. The van der Waals surface area contributed by atoms with Gasteiger partial charge in [0.25, 0.3) is 5.91 Å². The summed E-state index contributed by atoms with van der Waals surface area (Å²) in [7, 11) is 0. The SMILES string of the molecule is CC(C)CCNC(=O)NC(=O)Cn1nnc(-c2ccsc2)n1. The quantitative estimate of drug-likeness (QED) is 0.834. The Labute approximate surface area is 131 Å². The summed E-state index contributed by atoms with van der Waals surface area (Å²) in [5.41, 5.74) is 0.850. The molecule has 0 saturated heterocycles. The van der Waals surface area contributed by atoms with E-state index < -0.39 is 11.9 Å². The minimum atomic E-state index is -0.510. The minimum absolute atomic E-state index is 0.158. The third-order valence-electron chi connectivity index (χ3n) is 2.78. The number of imide groups is 1. The number of urea groups is 1. The van der Waals surface area contributed by atoms with Crippen molar-refractivity contribution >= 4 is 23.3 Å². The fourth-order valence-corrected chi connectivity index (χ4v) is 2.26. The molecule has 0 fully saturated rings. The number of nitrogens with zero attached hydrogens (tertiary/aromatic N) is 4. The predicted octanol–water partition coefficient (Wildman–Crippen LogP) is 1.27. The average molecular weight is 322 g/mol. The van der Waals surface area contributed by atoms with Gasteiger partial charge in [-0.1, -0.05) is 13.8 Å². The van der Waals surface area contributed by atoms with Crippen LogP contribution in [-0.2, 0) is 11.3 Å². The number of rotatable bonds is 6. The maximum atomic E-state index is 11.7. The van der Waals surface area contributed by atoms with Gasteiger partial charge in [-0.25, -0.2) is 4.79 Å². The zero-order chi connectivity index (χ0) is 15.9. The number of nitrogens with one attached hydrogen (secondary N) is 2. The second-order valence-electron chi connectivity index (χ2n) is 5.14. The highest BCUT2D eigenvalue weighted by atomic mass is 32.1. The minimum Gasteiger partial charge on any atom is -0.338 e. The van der Waals surface area contributed by atoms with Crippen LogP contribution in [0.3, 0.4) is 0 Å². The van der Waals surface area contributed by atoms with Crippen LogP contribution in [0.4, 0.5) is 4.79 Å². The van der Waals surface area contributed by atoms with Crippen LogP contribution in [0.2, 0.25) is 0 Å². The van der Waals surface area contributed by atoms with E-state index in [1.165, 1.54) is 11.3 Å². The number of thiophene rings is 1. The highest BCUT2D eigenvalue weighted by Crippen LogP contribution is 2.16. The molecule has 22 heavy (non-hydrogen) atoms. The molecule has 0 atom stereocenters. The third kappa shape index (κ3) is 4.92. The Kier molecular flexibility index (Phi) is 5.59. The Morgan fingerprint density at radius 2 is 2.23 bits per heavy atom. The Morgan fingerprint density at radius 1 is 1.41 bits per heavy atom. The second kappa shape index (κ2) is 7.64. The van der Waals surface area contributed by atoms with E-state index in [4.69, 9.17) is 0 Å². The Bertz CT molecular complexity index is 622. The highest BCUT2D eigenvalue weighted by molar-refractivity contribution is 7.08. The number of hydrogen-bond acceptors (Lipinski definition) is 6. The van der Waals surface area contributed by atoms with Crippen LogP contribution >= 0.6 is 11.3 Å². The smallest absolute Gasteiger partial charge is 0.321 e. The molecule has 0 aliphatic carbocycles. The molecule has 9 heteroatoms. The summed E-state index contributed by atoms with van der Waals surface area (Å²) in [5, 5.41) is 20.4. The summed E-state index contributed by atoms with van der Waals surface area (Å²) in [6, 6.07) is 1.36. The monoisotopic (exact) mass is 322 g/mol. The molecule has 0 bridgehead atoms. The molecule has 0 saturated carbocycles. The van der Waals surface area contributed by atoms with Crippen molar-refractivity contribution in [2.75, 3.05) is 6.54 Å². The molecule has 8 nitrogen and oxygen atoms in total. The van der Waals surface area contributed by atoms with E-state index in [1.54, 1.807) is 0 Å². The zero-order valence-electron chi connectivity index (χ0n) is 12.4. The lowest BCUT2D eigenvalue weighted by molar-refractivity contribution is -0.121. The standard InChI is InChI=1S/C13H18N6O2S/c1-9(2)3-5-14-13(21)15-11(20)7-19-17-12(16-18-19)10-4-6-22-8-10/h4,6,8-9H,3,5,7H2,1-2H3,(H2,14,15,20,21). The lowest BCUT2D eigenvalue weighted by Crippen LogP contribution is -2.41. The van der Waals surface area contributed by atoms with Gasteiger partial charge in [0, 0.05) is 17.5 Å². The summed E-state index contributed by atoms with van der Waals surface area (Å²) < 4.78 is 0. The Morgan fingerprint density at radius 3 is 2.91 bits per heavy atom. The van der Waals surface area contributed by atoms with Gasteiger partial charge >= 0.3 is 6.03 Å². The summed E-state index contributed by atoms with van der Waals surface area (Å²) in [4.78, 5) is 24.4. The van der Waals surface area contributed by atoms with E-state index in [0.29, 0.717) is 18.3 Å². The van der Waals surface area contributed by atoms with Crippen LogP contribution in [0.1, 0.15) is 20.3 Å². The molecule has 0 radical (unpaired) electrons. The molecule has 3 amide bonds.